The number of carbonyl (C=O) groups is 2. The summed E-state index contributed by atoms with van der Waals surface area (Å²) < 4.78 is 22.3. The van der Waals surface area contributed by atoms with E-state index in [-0.39, 0.29) is 26.1 Å². The molecule has 0 radical (unpaired) electrons. The van der Waals surface area contributed by atoms with Crippen molar-refractivity contribution in [3.05, 3.63) is 24.3 Å². The van der Waals surface area contributed by atoms with Crippen LogP contribution in [0.5, 0.6) is 0 Å². The Morgan fingerprint density at radius 1 is 0.435 bits per heavy atom. The van der Waals surface area contributed by atoms with Crippen LogP contribution >= 0.6 is 0 Å². The van der Waals surface area contributed by atoms with Gasteiger partial charge in [0.05, 0.1) is 13.2 Å². The van der Waals surface area contributed by atoms with Crippen molar-refractivity contribution in [3.8, 4) is 0 Å². The maximum absolute atomic E-state index is 12.9. The molecule has 0 aromatic rings. The topological polar surface area (TPSA) is 152 Å². The van der Waals surface area contributed by atoms with Crippen molar-refractivity contribution < 1.29 is 49.0 Å². The number of aliphatic hydroxyl groups is 4. The van der Waals surface area contributed by atoms with E-state index in [1.165, 1.54) is 212 Å². The summed E-state index contributed by atoms with van der Waals surface area (Å²) in [6.45, 7) is 3.45. The van der Waals surface area contributed by atoms with Gasteiger partial charge in [-0.25, -0.2) is 0 Å². The van der Waals surface area contributed by atoms with Crippen LogP contribution in [0.1, 0.15) is 284 Å². The van der Waals surface area contributed by atoms with Gasteiger partial charge in [0.2, 0.25) is 0 Å². The second-order valence-corrected chi connectivity index (χ2v) is 20.4. The van der Waals surface area contributed by atoms with Crippen LogP contribution in [0.3, 0.4) is 0 Å². The van der Waals surface area contributed by atoms with E-state index in [4.69, 9.17) is 18.9 Å². The molecular weight excluding hydrogens is 869 g/mol. The van der Waals surface area contributed by atoms with Crippen LogP contribution in [0.15, 0.2) is 24.3 Å². The third-order valence-corrected chi connectivity index (χ3v) is 13.8. The number of ether oxygens (including phenoxy) is 4. The minimum atomic E-state index is -1.60. The Balaban J connectivity index is 2.20. The van der Waals surface area contributed by atoms with Crippen LogP contribution in [-0.2, 0) is 28.5 Å². The van der Waals surface area contributed by atoms with E-state index in [0.717, 1.165) is 32.1 Å². The van der Waals surface area contributed by atoms with E-state index in [2.05, 4.69) is 38.2 Å². The molecule has 1 aliphatic rings. The van der Waals surface area contributed by atoms with Crippen LogP contribution in [0.25, 0.3) is 0 Å². The fraction of sp³-hybridized carbons (Fsp3) is 0.898. The van der Waals surface area contributed by atoms with Crippen molar-refractivity contribution in [1.29, 1.82) is 0 Å². The van der Waals surface area contributed by atoms with Gasteiger partial charge >= 0.3 is 11.9 Å². The van der Waals surface area contributed by atoms with Crippen molar-refractivity contribution >= 4 is 11.9 Å². The molecule has 1 aliphatic heterocycles. The molecule has 1 fully saturated rings. The van der Waals surface area contributed by atoms with Gasteiger partial charge < -0.3 is 39.4 Å². The maximum Gasteiger partial charge on any atom is 0.306 e. The Morgan fingerprint density at radius 2 is 0.783 bits per heavy atom. The first-order valence-electron chi connectivity index (χ1n) is 29.4. The molecule has 2 unspecified atom stereocenters. The molecule has 0 amide bonds. The van der Waals surface area contributed by atoms with Gasteiger partial charge in [-0.3, -0.25) is 9.59 Å². The third kappa shape index (κ3) is 40.4. The quantitative estimate of drug-likeness (QED) is 0.0263. The van der Waals surface area contributed by atoms with E-state index in [1.54, 1.807) is 0 Å². The monoisotopic (exact) mass is 979 g/mol. The van der Waals surface area contributed by atoms with Gasteiger partial charge in [-0.2, -0.15) is 0 Å². The Kier molecular flexibility index (Phi) is 47.0. The van der Waals surface area contributed by atoms with Gasteiger partial charge in [-0.1, -0.05) is 237 Å². The molecule has 0 spiro atoms. The summed E-state index contributed by atoms with van der Waals surface area (Å²) in [5.74, 6) is -0.829. The first-order valence-corrected chi connectivity index (χ1v) is 29.4. The third-order valence-electron chi connectivity index (χ3n) is 13.8. The largest absolute Gasteiger partial charge is 0.462 e. The lowest BCUT2D eigenvalue weighted by Crippen LogP contribution is -2.59. The molecule has 10 heteroatoms. The smallest absolute Gasteiger partial charge is 0.306 e. The summed E-state index contributed by atoms with van der Waals surface area (Å²) in [4.78, 5) is 25.5. The van der Waals surface area contributed by atoms with Crippen LogP contribution in [0, 0.1) is 0 Å². The highest BCUT2D eigenvalue weighted by atomic mass is 16.7. The molecule has 0 saturated carbocycles. The van der Waals surface area contributed by atoms with Gasteiger partial charge in [0.15, 0.2) is 12.4 Å². The van der Waals surface area contributed by atoms with Crippen LogP contribution in [-0.4, -0.2) is 89.0 Å². The van der Waals surface area contributed by atoms with Crippen molar-refractivity contribution in [2.24, 2.45) is 0 Å². The van der Waals surface area contributed by atoms with E-state index in [9.17, 15) is 30.0 Å². The molecule has 6 atom stereocenters. The Labute approximate surface area is 423 Å². The lowest BCUT2D eigenvalue weighted by Gasteiger charge is -2.39. The number of aliphatic hydroxyl groups excluding tert-OH is 4. The van der Waals surface area contributed by atoms with Crippen LogP contribution in [0.4, 0.5) is 0 Å². The van der Waals surface area contributed by atoms with Gasteiger partial charge in [0.25, 0.3) is 0 Å². The summed E-state index contributed by atoms with van der Waals surface area (Å²) in [5, 5.41) is 40.3. The first kappa shape index (κ1) is 65.2. The number of unbranched alkanes of at least 4 members (excludes halogenated alkanes) is 36. The normalized spacial score (nSPS) is 19.0. The van der Waals surface area contributed by atoms with Gasteiger partial charge in [-0.15, -0.1) is 0 Å². The molecule has 0 aromatic carbocycles. The predicted octanol–water partition coefficient (Wildman–Crippen LogP) is 14.8. The highest BCUT2D eigenvalue weighted by molar-refractivity contribution is 5.70. The number of hydrogen-bond acceptors (Lipinski definition) is 10. The van der Waals surface area contributed by atoms with Gasteiger partial charge in [-0.05, 0) is 57.8 Å². The molecule has 0 bridgehead atoms. The SMILES string of the molecule is CCCCCCCC/C=C/CCCCCCCCCCCCCC(=O)O[C@@H](COC(=O)CCC/C=C/CCCCCCCCCCCCCCCCCCCC)CO[C@H]1O[C@@H](CO)[C@@H](O)C(O)C1O. The molecule has 406 valence electrons. The van der Waals surface area contributed by atoms with Crippen LogP contribution < -0.4 is 0 Å². The predicted molar refractivity (Wildman–Crippen MR) is 284 cm³/mol. The lowest BCUT2D eigenvalue weighted by molar-refractivity contribution is -0.305. The average molecular weight is 980 g/mol. The molecular formula is C59H110O10. The molecule has 10 nitrogen and oxygen atoms in total. The van der Waals surface area contributed by atoms with Crippen molar-refractivity contribution in [1.82, 2.24) is 0 Å². The molecule has 1 saturated heterocycles. The highest BCUT2D eigenvalue weighted by Gasteiger charge is 2.44. The van der Waals surface area contributed by atoms with Crippen LogP contribution in [0.2, 0.25) is 0 Å². The minimum Gasteiger partial charge on any atom is -0.462 e. The molecule has 0 aliphatic carbocycles. The van der Waals surface area contributed by atoms with Gasteiger partial charge in [0, 0.05) is 12.8 Å². The Morgan fingerprint density at radius 3 is 1.17 bits per heavy atom. The summed E-state index contributed by atoms with van der Waals surface area (Å²) >= 11 is 0. The van der Waals surface area contributed by atoms with Crippen molar-refractivity contribution in [3.63, 3.8) is 0 Å². The average Bonchev–Trinajstić information content (AvgIpc) is 3.35. The summed E-state index contributed by atoms with van der Waals surface area (Å²) in [6, 6.07) is 0. The summed E-state index contributed by atoms with van der Waals surface area (Å²) in [5.41, 5.74) is 0. The highest BCUT2D eigenvalue weighted by Crippen LogP contribution is 2.23. The number of allylic oxidation sites excluding steroid dienone is 4. The number of rotatable bonds is 51. The Bertz CT molecular complexity index is 1180. The molecule has 69 heavy (non-hydrogen) atoms. The van der Waals surface area contributed by atoms with Gasteiger partial charge in [0.1, 0.15) is 31.0 Å². The standard InChI is InChI=1S/C59H110O10/c1-3-5-7-9-11-13-15-17-19-21-23-25-26-28-29-31-33-35-37-39-41-43-45-47-54(61)66-50-52(51-67-59-58(65)57(64)56(63)53(49-60)69-59)68-55(62)48-46-44-42-40-38-36-34-32-30-27-24-22-20-18-16-14-12-10-8-6-4-2/h18,20,39,41,52-53,56-60,63-65H,3-17,19,21-38,40,42-51H2,1-2H3/b20-18+,41-39+/t52-,53-,56+,57?,58?,59-/m0/s1. The fourth-order valence-electron chi connectivity index (χ4n) is 9.19. The summed E-state index contributed by atoms with van der Waals surface area (Å²) in [7, 11) is 0. The fourth-order valence-corrected chi connectivity index (χ4v) is 9.19. The number of hydrogen-bond donors (Lipinski definition) is 4. The number of carbonyl (C=O) groups excluding carboxylic acids is 2. The summed E-state index contributed by atoms with van der Waals surface area (Å²) in [6.07, 6.45) is 52.1. The molecule has 1 heterocycles. The van der Waals surface area contributed by atoms with E-state index < -0.39 is 55.4 Å². The zero-order valence-corrected chi connectivity index (χ0v) is 44.8. The maximum atomic E-state index is 12.9. The van der Waals surface area contributed by atoms with Crippen molar-refractivity contribution in [2.75, 3.05) is 19.8 Å². The zero-order valence-electron chi connectivity index (χ0n) is 44.8. The molecule has 0 aromatic heterocycles. The second-order valence-electron chi connectivity index (χ2n) is 20.4. The Hall–Kier alpha value is -1.82. The first-order chi connectivity index (χ1) is 33.8. The van der Waals surface area contributed by atoms with E-state index >= 15 is 0 Å². The molecule has 1 rings (SSSR count). The minimum absolute atomic E-state index is 0.227. The van der Waals surface area contributed by atoms with E-state index in [1.807, 2.05) is 0 Å². The lowest BCUT2D eigenvalue weighted by atomic mass is 9.99. The molecule has 4 N–H and O–H groups in total. The van der Waals surface area contributed by atoms with E-state index in [0.29, 0.717) is 12.8 Å². The number of esters is 2. The zero-order chi connectivity index (χ0) is 50.1. The van der Waals surface area contributed by atoms with Crippen molar-refractivity contribution in [2.45, 2.75) is 320 Å². The second kappa shape index (κ2) is 49.7.